The van der Waals surface area contributed by atoms with Crippen LogP contribution in [0.1, 0.15) is 64.5 Å². The minimum absolute atomic E-state index is 0.0589. The van der Waals surface area contributed by atoms with Crippen LogP contribution >= 0.6 is 11.6 Å². The molecule has 6 nitrogen and oxygen atoms in total. The average molecular weight is 506 g/mol. The summed E-state index contributed by atoms with van der Waals surface area (Å²) in [5.41, 5.74) is -0.183. The van der Waals surface area contributed by atoms with Crippen LogP contribution < -0.4 is 0 Å². The van der Waals surface area contributed by atoms with E-state index in [4.69, 9.17) is 11.6 Å². The molecule has 0 radical (unpaired) electrons. The second kappa shape index (κ2) is 8.96. The Labute approximate surface area is 204 Å². The molecule has 2 aromatic carbocycles. The van der Waals surface area contributed by atoms with Crippen molar-refractivity contribution < 1.29 is 28.2 Å². The van der Waals surface area contributed by atoms with Crippen molar-refractivity contribution >= 4 is 17.5 Å². The van der Waals surface area contributed by atoms with Crippen molar-refractivity contribution in [2.24, 2.45) is 0 Å². The molecule has 0 saturated heterocycles. The van der Waals surface area contributed by atoms with E-state index in [1.54, 1.807) is 47.4 Å². The van der Waals surface area contributed by atoms with Crippen LogP contribution in [-0.2, 0) is 12.6 Å². The average Bonchev–Trinajstić information content (AvgIpc) is 3.42. The Kier molecular flexibility index (Phi) is 6.11. The zero-order valence-electron chi connectivity index (χ0n) is 18.5. The van der Waals surface area contributed by atoms with Crippen LogP contribution in [0.4, 0.5) is 13.2 Å². The molecule has 2 heterocycles. The number of aromatic nitrogens is 2. The van der Waals surface area contributed by atoms with E-state index >= 15 is 0 Å². The summed E-state index contributed by atoms with van der Waals surface area (Å²) >= 11 is 6.27. The van der Waals surface area contributed by atoms with Crippen LogP contribution in [0.3, 0.4) is 0 Å². The predicted molar refractivity (Wildman–Crippen MR) is 122 cm³/mol. The number of fused-ring (bicyclic) bond motifs is 1. The monoisotopic (exact) mass is 505 g/mol. The first kappa shape index (κ1) is 23.8. The topological polar surface area (TPSA) is 78.6 Å². The SMILES string of the molecule is O=C1c2cc(Cc3ccc(-n4cccn4)cc3)c(C(F)(F)F)c(Cl)c2C(O)N1[C@H]1CCCC[C@@H]1O. The highest BCUT2D eigenvalue weighted by Gasteiger charge is 2.47. The number of benzene rings is 2. The number of nitrogens with zero attached hydrogens (tertiary/aromatic N) is 3. The van der Waals surface area contributed by atoms with Crippen LogP contribution in [0, 0.1) is 0 Å². The van der Waals surface area contributed by atoms with E-state index in [9.17, 15) is 28.2 Å². The van der Waals surface area contributed by atoms with Crippen LogP contribution in [0.15, 0.2) is 48.8 Å². The summed E-state index contributed by atoms with van der Waals surface area (Å²) in [4.78, 5) is 14.3. The summed E-state index contributed by atoms with van der Waals surface area (Å²) in [5, 5.41) is 24.8. The van der Waals surface area contributed by atoms with E-state index in [1.807, 2.05) is 0 Å². The van der Waals surface area contributed by atoms with Gasteiger partial charge in [-0.25, -0.2) is 4.68 Å². The van der Waals surface area contributed by atoms with Crippen molar-refractivity contribution in [3.63, 3.8) is 0 Å². The fourth-order valence-corrected chi connectivity index (χ4v) is 5.57. The first-order chi connectivity index (χ1) is 16.7. The molecular weight excluding hydrogens is 483 g/mol. The summed E-state index contributed by atoms with van der Waals surface area (Å²) < 4.78 is 44.1. The molecule has 1 unspecified atom stereocenters. The van der Waals surface area contributed by atoms with Gasteiger partial charge in [-0.3, -0.25) is 4.79 Å². The van der Waals surface area contributed by atoms with Gasteiger partial charge in [0.05, 0.1) is 28.4 Å². The number of hydrogen-bond donors (Lipinski definition) is 2. The van der Waals surface area contributed by atoms with E-state index in [1.165, 1.54) is 6.07 Å². The lowest BCUT2D eigenvalue weighted by Crippen LogP contribution is -2.47. The zero-order chi connectivity index (χ0) is 24.9. The molecule has 3 atom stereocenters. The third kappa shape index (κ3) is 4.22. The number of carbonyl (C=O) groups excluding carboxylic acids is 1. The molecule has 1 amide bonds. The van der Waals surface area contributed by atoms with Gasteiger partial charge in [0.25, 0.3) is 5.91 Å². The molecule has 10 heteroatoms. The number of carbonyl (C=O) groups is 1. The van der Waals surface area contributed by atoms with E-state index < -0.39 is 41.0 Å². The number of halogens is 4. The van der Waals surface area contributed by atoms with Gasteiger partial charge in [0, 0.05) is 23.5 Å². The molecule has 1 fully saturated rings. The molecule has 1 aromatic heterocycles. The molecule has 1 saturated carbocycles. The lowest BCUT2D eigenvalue weighted by atomic mass is 9.91. The first-order valence-electron chi connectivity index (χ1n) is 11.4. The smallest absolute Gasteiger partial charge is 0.391 e. The van der Waals surface area contributed by atoms with Gasteiger partial charge in [-0.15, -0.1) is 0 Å². The highest BCUT2D eigenvalue weighted by Crippen LogP contribution is 2.47. The lowest BCUT2D eigenvalue weighted by Gasteiger charge is -2.37. The highest BCUT2D eigenvalue weighted by atomic mass is 35.5. The Morgan fingerprint density at radius 3 is 2.46 bits per heavy atom. The van der Waals surface area contributed by atoms with Gasteiger partial charge in [-0.05, 0) is 54.7 Å². The Balaban J connectivity index is 1.54. The number of alkyl halides is 3. The van der Waals surface area contributed by atoms with Crippen molar-refractivity contribution in [3.05, 3.63) is 81.6 Å². The lowest BCUT2D eigenvalue weighted by molar-refractivity contribution is -0.138. The summed E-state index contributed by atoms with van der Waals surface area (Å²) in [5.74, 6) is -0.621. The second-order valence-electron chi connectivity index (χ2n) is 8.98. The van der Waals surface area contributed by atoms with E-state index in [-0.39, 0.29) is 23.1 Å². The number of amides is 1. The molecule has 2 N–H and O–H groups in total. The predicted octanol–water partition coefficient (Wildman–Crippen LogP) is 4.89. The quantitative estimate of drug-likeness (QED) is 0.529. The van der Waals surface area contributed by atoms with E-state index in [0.717, 1.165) is 23.4 Å². The van der Waals surface area contributed by atoms with Gasteiger partial charge in [-0.1, -0.05) is 36.6 Å². The van der Waals surface area contributed by atoms with Crippen molar-refractivity contribution in [3.8, 4) is 5.69 Å². The second-order valence-corrected chi connectivity index (χ2v) is 9.36. The van der Waals surface area contributed by atoms with Crippen molar-refractivity contribution in [1.29, 1.82) is 0 Å². The maximum atomic E-state index is 14.2. The summed E-state index contributed by atoms with van der Waals surface area (Å²) in [6.07, 6.45) is -1.60. The molecule has 0 bridgehead atoms. The fraction of sp³-hybridized carbons (Fsp3) is 0.360. The molecule has 2 aliphatic rings. The van der Waals surface area contributed by atoms with Crippen LogP contribution in [0.5, 0.6) is 0 Å². The number of rotatable bonds is 4. The van der Waals surface area contributed by atoms with E-state index in [0.29, 0.717) is 18.4 Å². The Morgan fingerprint density at radius 2 is 1.83 bits per heavy atom. The Hall–Kier alpha value is -2.88. The number of aliphatic hydroxyl groups excluding tert-OH is 2. The van der Waals surface area contributed by atoms with Crippen molar-refractivity contribution in [2.45, 2.75) is 56.7 Å². The molecule has 184 valence electrons. The van der Waals surface area contributed by atoms with Crippen LogP contribution in [0.25, 0.3) is 5.69 Å². The summed E-state index contributed by atoms with van der Waals surface area (Å²) in [6, 6.07) is 9.14. The van der Waals surface area contributed by atoms with Gasteiger partial charge in [0.15, 0.2) is 6.23 Å². The molecule has 3 aromatic rings. The molecule has 1 aliphatic heterocycles. The highest BCUT2D eigenvalue weighted by molar-refractivity contribution is 6.33. The van der Waals surface area contributed by atoms with Gasteiger partial charge in [0.1, 0.15) is 0 Å². The summed E-state index contributed by atoms with van der Waals surface area (Å²) in [7, 11) is 0. The van der Waals surface area contributed by atoms with Crippen LogP contribution in [0.2, 0.25) is 5.02 Å². The van der Waals surface area contributed by atoms with Crippen molar-refractivity contribution in [1.82, 2.24) is 14.7 Å². The molecule has 5 rings (SSSR count). The van der Waals surface area contributed by atoms with Crippen LogP contribution in [-0.4, -0.2) is 42.9 Å². The van der Waals surface area contributed by atoms with E-state index in [2.05, 4.69) is 5.10 Å². The first-order valence-corrected chi connectivity index (χ1v) is 11.7. The third-order valence-electron chi connectivity index (χ3n) is 6.81. The van der Waals surface area contributed by atoms with Gasteiger partial charge < -0.3 is 15.1 Å². The molecule has 1 aliphatic carbocycles. The minimum Gasteiger partial charge on any atom is -0.391 e. The maximum absolute atomic E-state index is 14.2. The maximum Gasteiger partial charge on any atom is 0.418 e. The Bertz CT molecular complexity index is 1250. The Morgan fingerprint density at radius 1 is 1.11 bits per heavy atom. The fourth-order valence-electron chi connectivity index (χ4n) is 5.14. The number of hydrogen-bond acceptors (Lipinski definition) is 4. The summed E-state index contributed by atoms with van der Waals surface area (Å²) in [6.45, 7) is 0. The normalized spacial score (nSPS) is 22.5. The largest absolute Gasteiger partial charge is 0.418 e. The zero-order valence-corrected chi connectivity index (χ0v) is 19.3. The van der Waals surface area contributed by atoms with Gasteiger partial charge in [-0.2, -0.15) is 18.3 Å². The molecule has 0 spiro atoms. The molecule has 35 heavy (non-hydrogen) atoms. The third-order valence-corrected chi connectivity index (χ3v) is 7.20. The minimum atomic E-state index is -4.79. The van der Waals surface area contributed by atoms with Crippen molar-refractivity contribution in [2.75, 3.05) is 0 Å². The standard InChI is InChI=1S/C25H23ClF3N3O3/c26-22-20-17(23(34)32(24(20)35)18-4-1-2-5-19(18)33)13-15(21(22)25(27,28)29)12-14-6-8-16(9-7-14)31-11-3-10-30-31/h3,6-11,13,18-19,24,33,35H,1-2,4-5,12H2/t18-,19-,24?/m0/s1. The number of aliphatic hydroxyl groups is 2. The van der Waals surface area contributed by atoms with Gasteiger partial charge in [0.2, 0.25) is 0 Å². The molecular formula is C25H23ClF3N3O3. The van der Waals surface area contributed by atoms with Gasteiger partial charge >= 0.3 is 6.18 Å².